The molecule has 6 heteroatoms. The van der Waals surface area contributed by atoms with Crippen molar-refractivity contribution in [1.82, 2.24) is 9.97 Å². The van der Waals surface area contributed by atoms with Crippen LogP contribution in [0.2, 0.25) is 0 Å². The van der Waals surface area contributed by atoms with Crippen LogP contribution in [0.3, 0.4) is 0 Å². The molecule has 0 aromatic carbocycles. The third kappa shape index (κ3) is 2.89. The Morgan fingerprint density at radius 1 is 1.15 bits per heavy atom. The molecule has 1 N–H and O–H groups in total. The first-order chi connectivity index (χ1) is 12.5. The highest BCUT2D eigenvalue weighted by atomic mass is 19.1. The highest BCUT2D eigenvalue weighted by molar-refractivity contribution is 6.04. The van der Waals surface area contributed by atoms with Gasteiger partial charge < -0.3 is 5.32 Å². The Bertz CT molecular complexity index is 872. The molecule has 2 aliphatic rings. The van der Waals surface area contributed by atoms with Gasteiger partial charge in [0.2, 0.25) is 0 Å². The molecule has 0 aliphatic heterocycles. The van der Waals surface area contributed by atoms with Crippen LogP contribution < -0.4 is 5.32 Å². The number of halogens is 2. The minimum Gasteiger partial charge on any atom is -0.306 e. The predicted molar refractivity (Wildman–Crippen MR) is 94.4 cm³/mol. The number of rotatable bonds is 3. The van der Waals surface area contributed by atoms with Crippen molar-refractivity contribution in [3.05, 3.63) is 59.1 Å². The molecule has 1 saturated carbocycles. The Kier molecular flexibility index (Phi) is 4.26. The van der Waals surface area contributed by atoms with E-state index in [0.29, 0.717) is 5.92 Å². The largest absolute Gasteiger partial charge is 0.306 e. The SMILES string of the molecule is CC1=C(c2ccc(NC(=O)c3c(F)cncc3F)nc2)C2CCCC2C1. The van der Waals surface area contributed by atoms with Gasteiger partial charge in [-0.1, -0.05) is 12.0 Å². The topological polar surface area (TPSA) is 54.9 Å². The molecule has 0 spiro atoms. The van der Waals surface area contributed by atoms with E-state index in [0.717, 1.165) is 30.3 Å². The van der Waals surface area contributed by atoms with Gasteiger partial charge in [-0.15, -0.1) is 0 Å². The quantitative estimate of drug-likeness (QED) is 0.875. The molecule has 0 bridgehead atoms. The Morgan fingerprint density at radius 2 is 1.92 bits per heavy atom. The van der Waals surface area contributed by atoms with E-state index >= 15 is 0 Å². The number of pyridine rings is 2. The molecule has 1 fully saturated rings. The van der Waals surface area contributed by atoms with Gasteiger partial charge in [-0.05, 0) is 61.3 Å². The van der Waals surface area contributed by atoms with Crippen molar-refractivity contribution >= 4 is 17.3 Å². The fraction of sp³-hybridized carbons (Fsp3) is 0.350. The zero-order valence-corrected chi connectivity index (χ0v) is 14.4. The van der Waals surface area contributed by atoms with Crippen LogP contribution in [0.15, 0.2) is 36.3 Å². The third-order valence-electron chi connectivity index (χ3n) is 5.45. The molecule has 2 atom stereocenters. The number of aromatic nitrogens is 2. The number of amides is 1. The first-order valence-corrected chi connectivity index (χ1v) is 8.81. The normalized spacial score (nSPS) is 21.8. The number of anilines is 1. The number of carbonyl (C=O) groups excluding carboxylic acids is 1. The number of carbonyl (C=O) groups is 1. The number of nitrogens with zero attached hydrogens (tertiary/aromatic N) is 2. The summed E-state index contributed by atoms with van der Waals surface area (Å²) in [7, 11) is 0. The minimum absolute atomic E-state index is 0.258. The maximum Gasteiger partial charge on any atom is 0.262 e. The van der Waals surface area contributed by atoms with Crippen LogP contribution in [0.4, 0.5) is 14.6 Å². The molecule has 4 nitrogen and oxygen atoms in total. The summed E-state index contributed by atoms with van der Waals surface area (Å²) < 4.78 is 27.3. The highest BCUT2D eigenvalue weighted by Gasteiger charge is 2.36. The zero-order chi connectivity index (χ0) is 18.3. The highest BCUT2D eigenvalue weighted by Crippen LogP contribution is 2.51. The molecule has 1 amide bonds. The summed E-state index contributed by atoms with van der Waals surface area (Å²) in [6.45, 7) is 2.18. The van der Waals surface area contributed by atoms with Crippen molar-refractivity contribution in [2.45, 2.75) is 32.6 Å². The summed E-state index contributed by atoms with van der Waals surface area (Å²) in [6, 6.07) is 3.59. The van der Waals surface area contributed by atoms with Gasteiger partial charge in [-0.25, -0.2) is 13.8 Å². The number of nitrogens with one attached hydrogen (secondary N) is 1. The summed E-state index contributed by atoms with van der Waals surface area (Å²) in [5.74, 6) is -1.26. The van der Waals surface area contributed by atoms with Crippen LogP contribution in [0.25, 0.3) is 5.57 Å². The van der Waals surface area contributed by atoms with Gasteiger partial charge >= 0.3 is 0 Å². The van der Waals surface area contributed by atoms with Crippen molar-refractivity contribution in [1.29, 1.82) is 0 Å². The Hall–Kier alpha value is -2.63. The van der Waals surface area contributed by atoms with Crippen molar-refractivity contribution < 1.29 is 13.6 Å². The first-order valence-electron chi connectivity index (χ1n) is 8.81. The number of fused-ring (bicyclic) bond motifs is 1. The average molecular weight is 355 g/mol. The van der Waals surface area contributed by atoms with Crippen LogP contribution in [0.1, 0.15) is 48.5 Å². The molecule has 0 radical (unpaired) electrons. The van der Waals surface area contributed by atoms with E-state index in [1.807, 2.05) is 6.07 Å². The number of hydrogen-bond donors (Lipinski definition) is 1. The summed E-state index contributed by atoms with van der Waals surface area (Å²) >= 11 is 0. The number of allylic oxidation sites excluding steroid dienone is 2. The van der Waals surface area contributed by atoms with Crippen LogP contribution in [-0.4, -0.2) is 15.9 Å². The van der Waals surface area contributed by atoms with E-state index in [2.05, 4.69) is 22.2 Å². The summed E-state index contributed by atoms with van der Waals surface area (Å²) in [5, 5.41) is 2.44. The Labute approximate surface area is 150 Å². The van der Waals surface area contributed by atoms with Crippen molar-refractivity contribution in [3.63, 3.8) is 0 Å². The monoisotopic (exact) mass is 355 g/mol. The maximum absolute atomic E-state index is 13.6. The van der Waals surface area contributed by atoms with Crippen LogP contribution in [0, 0.1) is 23.5 Å². The molecular weight excluding hydrogens is 336 g/mol. The van der Waals surface area contributed by atoms with Crippen LogP contribution in [0.5, 0.6) is 0 Å². The van der Waals surface area contributed by atoms with E-state index in [4.69, 9.17) is 0 Å². The second-order valence-electron chi connectivity index (χ2n) is 7.06. The summed E-state index contributed by atoms with van der Waals surface area (Å²) in [6.07, 6.45) is 8.28. The van der Waals surface area contributed by atoms with Crippen LogP contribution in [-0.2, 0) is 0 Å². The molecule has 4 rings (SSSR count). The second kappa shape index (κ2) is 6.59. The zero-order valence-electron chi connectivity index (χ0n) is 14.4. The van der Waals surface area contributed by atoms with E-state index < -0.39 is 23.1 Å². The Morgan fingerprint density at radius 3 is 2.62 bits per heavy atom. The van der Waals surface area contributed by atoms with Crippen LogP contribution >= 0.6 is 0 Å². The van der Waals surface area contributed by atoms with E-state index in [1.165, 1.54) is 30.4 Å². The standard InChI is InChI=1S/C20H19F2N3O/c1-11-7-12-3-2-4-14(12)18(11)13-5-6-17(24-8-13)25-20(26)19-15(21)9-23-10-16(19)22/h5-6,8-10,12,14H,2-4,7H2,1H3,(H,24,25,26). The van der Waals surface area contributed by atoms with Crippen molar-refractivity contribution in [3.8, 4) is 0 Å². The van der Waals surface area contributed by atoms with Gasteiger partial charge in [0, 0.05) is 6.20 Å². The lowest BCUT2D eigenvalue weighted by Gasteiger charge is -2.15. The lowest BCUT2D eigenvalue weighted by molar-refractivity contribution is 0.101. The van der Waals surface area contributed by atoms with Crippen molar-refractivity contribution in [2.24, 2.45) is 11.8 Å². The molecule has 2 unspecified atom stereocenters. The van der Waals surface area contributed by atoms with Gasteiger partial charge in [0.05, 0.1) is 12.4 Å². The molecule has 2 aromatic rings. The maximum atomic E-state index is 13.6. The van der Waals surface area contributed by atoms with Gasteiger partial charge in [0.15, 0.2) is 11.6 Å². The summed E-state index contributed by atoms with van der Waals surface area (Å²) in [4.78, 5) is 19.8. The molecule has 2 heterocycles. The Balaban J connectivity index is 1.54. The van der Waals surface area contributed by atoms with Gasteiger partial charge in [0.1, 0.15) is 11.4 Å². The second-order valence-corrected chi connectivity index (χ2v) is 7.06. The van der Waals surface area contributed by atoms with Gasteiger partial charge in [0.25, 0.3) is 5.91 Å². The lowest BCUT2D eigenvalue weighted by atomic mass is 9.91. The summed E-state index contributed by atoms with van der Waals surface area (Å²) in [5.41, 5.74) is 3.20. The molecule has 0 saturated heterocycles. The molecule has 134 valence electrons. The average Bonchev–Trinajstić information content (AvgIpc) is 3.15. The van der Waals surface area contributed by atoms with Gasteiger partial charge in [-0.2, -0.15) is 0 Å². The fourth-order valence-corrected chi connectivity index (χ4v) is 4.38. The molecule has 2 aromatic heterocycles. The van der Waals surface area contributed by atoms with E-state index in [9.17, 15) is 13.6 Å². The fourth-order valence-electron chi connectivity index (χ4n) is 4.38. The third-order valence-corrected chi connectivity index (χ3v) is 5.45. The molecule has 2 aliphatic carbocycles. The minimum atomic E-state index is -1.00. The van der Waals surface area contributed by atoms with E-state index in [-0.39, 0.29) is 5.82 Å². The first kappa shape index (κ1) is 16.8. The van der Waals surface area contributed by atoms with Gasteiger partial charge in [-0.3, -0.25) is 9.78 Å². The smallest absolute Gasteiger partial charge is 0.262 e. The number of hydrogen-bond acceptors (Lipinski definition) is 3. The van der Waals surface area contributed by atoms with E-state index in [1.54, 1.807) is 12.3 Å². The molecular formula is C20H19F2N3O. The lowest BCUT2D eigenvalue weighted by Crippen LogP contribution is -2.17. The van der Waals surface area contributed by atoms with Crippen molar-refractivity contribution in [2.75, 3.05) is 5.32 Å². The predicted octanol–water partition coefficient (Wildman–Crippen LogP) is 4.60. The molecule has 26 heavy (non-hydrogen) atoms.